The number of hydrogen-bond acceptors (Lipinski definition) is 4. The van der Waals surface area contributed by atoms with Gasteiger partial charge in [-0.1, -0.05) is 74.1 Å². The van der Waals surface area contributed by atoms with Crippen LogP contribution in [-0.4, -0.2) is 21.6 Å². The summed E-state index contributed by atoms with van der Waals surface area (Å²) in [5, 5.41) is 0. The second-order valence-corrected chi connectivity index (χ2v) is 9.90. The Balaban J connectivity index is 2.77. The molecule has 2 unspecified atom stereocenters. The van der Waals surface area contributed by atoms with Crippen LogP contribution in [0.1, 0.15) is 56.6 Å². The van der Waals surface area contributed by atoms with Crippen molar-refractivity contribution in [3.63, 3.8) is 0 Å². The van der Waals surface area contributed by atoms with Crippen LogP contribution in [0.15, 0.2) is 41.4 Å². The van der Waals surface area contributed by atoms with Crippen molar-refractivity contribution in [2.24, 2.45) is 5.73 Å². The van der Waals surface area contributed by atoms with Crippen LogP contribution >= 0.6 is 10.8 Å². The molecule has 154 valence electrons. The Morgan fingerprint density at radius 1 is 1.22 bits per heavy atom. The van der Waals surface area contributed by atoms with Gasteiger partial charge in [-0.15, -0.1) is 4.13 Å². The molecular formula is C20H34N2O3S2. The van der Waals surface area contributed by atoms with Gasteiger partial charge in [0.15, 0.2) is 0 Å². The highest BCUT2D eigenvalue weighted by atomic mass is 32.3. The molecule has 0 aliphatic rings. The molecular weight excluding hydrogens is 380 g/mol. The highest BCUT2D eigenvalue weighted by Gasteiger charge is 2.24. The average molecular weight is 415 g/mol. The van der Waals surface area contributed by atoms with E-state index in [1.54, 1.807) is 12.1 Å². The maximum absolute atomic E-state index is 12.4. The first-order valence-electron chi connectivity index (χ1n) is 9.40. The lowest BCUT2D eigenvalue weighted by Gasteiger charge is -2.37. The predicted octanol–water partition coefficient (Wildman–Crippen LogP) is 5.21. The number of nitrogens with one attached hydrogen (secondary N) is 1. The fourth-order valence-corrected chi connectivity index (χ4v) is 6.10. The molecule has 0 fully saturated rings. The number of benzene rings is 1. The van der Waals surface area contributed by atoms with E-state index in [9.17, 15) is 8.76 Å². The van der Waals surface area contributed by atoms with Crippen molar-refractivity contribution >= 4 is 27.8 Å². The lowest BCUT2D eigenvalue weighted by molar-refractivity contribution is 0.392. The van der Waals surface area contributed by atoms with Gasteiger partial charge < -0.3 is 5.73 Å². The Morgan fingerprint density at radius 2 is 1.93 bits per heavy atom. The van der Waals surface area contributed by atoms with Crippen LogP contribution in [-0.2, 0) is 15.2 Å². The molecule has 7 heteroatoms. The first-order chi connectivity index (χ1) is 13.0. The first-order valence-corrected chi connectivity index (χ1v) is 12.2. The van der Waals surface area contributed by atoms with Gasteiger partial charge in [0, 0.05) is 5.75 Å². The van der Waals surface area contributed by atoms with Gasteiger partial charge in [-0.05, 0) is 42.8 Å². The van der Waals surface area contributed by atoms with Crippen LogP contribution < -0.4 is 9.86 Å². The molecule has 0 aromatic heterocycles. The van der Waals surface area contributed by atoms with E-state index in [2.05, 4.69) is 11.1 Å². The minimum atomic E-state index is -2.82. The molecule has 0 saturated heterocycles. The van der Waals surface area contributed by atoms with Gasteiger partial charge in [0.05, 0.1) is 12.0 Å². The van der Waals surface area contributed by atoms with Crippen molar-refractivity contribution in [1.29, 1.82) is 0 Å². The number of unbranched alkanes of at least 4 members (excludes halogenated alkanes) is 5. The van der Waals surface area contributed by atoms with Crippen molar-refractivity contribution in [3.05, 3.63) is 47.7 Å². The summed E-state index contributed by atoms with van der Waals surface area (Å²) in [6.45, 7) is 4.10. The highest BCUT2D eigenvalue weighted by Crippen LogP contribution is 2.51. The number of nitrogens with two attached hydrogens (primary N) is 1. The summed E-state index contributed by atoms with van der Waals surface area (Å²) in [7, 11) is -2.74. The Morgan fingerprint density at radius 3 is 2.59 bits per heavy atom. The van der Waals surface area contributed by atoms with Crippen molar-refractivity contribution < 1.29 is 12.9 Å². The molecule has 1 aromatic carbocycles. The quantitative estimate of drug-likeness (QED) is 0.306. The fraction of sp³-hybridized carbons (Fsp3) is 0.500. The minimum Gasteiger partial charge on any atom is -0.405 e. The molecule has 0 bridgehead atoms. The van der Waals surface area contributed by atoms with Gasteiger partial charge in [0.2, 0.25) is 0 Å². The second-order valence-electron chi connectivity index (χ2n) is 6.31. The van der Waals surface area contributed by atoms with Crippen molar-refractivity contribution in [2.75, 3.05) is 12.9 Å². The Bertz CT molecular complexity index is 650. The van der Waals surface area contributed by atoms with E-state index < -0.39 is 21.8 Å². The Labute approximate surface area is 168 Å². The molecule has 0 saturated carbocycles. The molecule has 0 amide bonds. The number of rotatable bonds is 13. The molecule has 27 heavy (non-hydrogen) atoms. The third-order valence-corrected chi connectivity index (χ3v) is 8.08. The Kier molecular flexibility index (Phi) is 11.6. The SMILES string of the molecule is CCCCCCCCS(=O)NS(O)(OC)c1cccc(/C=C\C=C\N)c1C. The highest BCUT2D eigenvalue weighted by molar-refractivity contribution is 8.28. The summed E-state index contributed by atoms with van der Waals surface area (Å²) < 4.78 is 31.7. The van der Waals surface area contributed by atoms with Crippen LogP contribution in [0.25, 0.3) is 6.08 Å². The lowest BCUT2D eigenvalue weighted by Crippen LogP contribution is -2.26. The van der Waals surface area contributed by atoms with Gasteiger partial charge in [0.25, 0.3) is 0 Å². The lowest BCUT2D eigenvalue weighted by atomic mass is 10.1. The summed E-state index contributed by atoms with van der Waals surface area (Å²) in [5.41, 5.74) is 7.17. The third-order valence-electron chi connectivity index (χ3n) is 4.25. The predicted molar refractivity (Wildman–Crippen MR) is 119 cm³/mol. The van der Waals surface area contributed by atoms with Gasteiger partial charge in [-0.3, -0.25) is 8.74 Å². The maximum atomic E-state index is 12.4. The van der Waals surface area contributed by atoms with Gasteiger partial charge in [-0.2, -0.15) is 0 Å². The molecule has 0 radical (unpaired) electrons. The molecule has 5 nitrogen and oxygen atoms in total. The monoisotopic (exact) mass is 414 g/mol. The van der Waals surface area contributed by atoms with E-state index >= 15 is 0 Å². The average Bonchev–Trinajstić information content (AvgIpc) is 2.66. The van der Waals surface area contributed by atoms with Crippen LogP contribution in [0.2, 0.25) is 0 Å². The van der Waals surface area contributed by atoms with Gasteiger partial charge in [-0.25, -0.2) is 4.21 Å². The normalized spacial score (nSPS) is 16.6. The summed E-state index contributed by atoms with van der Waals surface area (Å²) >= 11 is 0. The van der Waals surface area contributed by atoms with Crippen LogP contribution in [0, 0.1) is 6.92 Å². The summed E-state index contributed by atoms with van der Waals surface area (Å²) in [5.74, 6) is 0.505. The zero-order valence-corrected chi connectivity index (χ0v) is 18.3. The van der Waals surface area contributed by atoms with E-state index in [4.69, 9.17) is 9.92 Å². The third kappa shape index (κ3) is 8.19. The summed E-state index contributed by atoms with van der Waals surface area (Å²) in [6.07, 6.45) is 13.7. The molecule has 0 heterocycles. The van der Waals surface area contributed by atoms with E-state index in [0.29, 0.717) is 10.6 Å². The van der Waals surface area contributed by atoms with Crippen LogP contribution in [0.4, 0.5) is 0 Å². The molecule has 0 aliphatic carbocycles. The molecule has 2 atom stereocenters. The van der Waals surface area contributed by atoms with Crippen molar-refractivity contribution in [1.82, 2.24) is 4.13 Å². The van der Waals surface area contributed by atoms with E-state index in [0.717, 1.165) is 30.4 Å². The van der Waals surface area contributed by atoms with Crippen molar-refractivity contribution in [3.8, 4) is 0 Å². The van der Waals surface area contributed by atoms with E-state index in [-0.39, 0.29) is 0 Å². The van der Waals surface area contributed by atoms with Crippen LogP contribution in [0.3, 0.4) is 0 Å². The first kappa shape index (κ1) is 23.9. The number of allylic oxidation sites excluding steroid dienone is 2. The smallest absolute Gasteiger partial charge is 0.110 e. The molecule has 1 aromatic rings. The van der Waals surface area contributed by atoms with E-state index in [1.807, 2.05) is 31.2 Å². The number of hydrogen-bond donors (Lipinski definition) is 3. The summed E-state index contributed by atoms with van der Waals surface area (Å²) in [4.78, 5) is 0.625. The largest absolute Gasteiger partial charge is 0.405 e. The molecule has 4 N–H and O–H groups in total. The molecule has 0 spiro atoms. The topological polar surface area (TPSA) is 84.6 Å². The maximum Gasteiger partial charge on any atom is 0.110 e. The van der Waals surface area contributed by atoms with Gasteiger partial charge >= 0.3 is 0 Å². The minimum absolute atomic E-state index is 0.505. The van der Waals surface area contributed by atoms with E-state index in [1.165, 1.54) is 32.6 Å². The van der Waals surface area contributed by atoms with Crippen molar-refractivity contribution in [2.45, 2.75) is 57.3 Å². The zero-order valence-electron chi connectivity index (χ0n) is 16.6. The fourth-order valence-electron chi connectivity index (χ4n) is 2.68. The zero-order chi connectivity index (χ0) is 20.1. The van der Waals surface area contributed by atoms with Gasteiger partial charge in [0.1, 0.15) is 11.0 Å². The Hall–Kier alpha value is -1.12. The molecule has 0 aliphatic heterocycles. The standard InChI is InChI=1S/C20H34N2O3S2/c1-4-5-6-7-8-11-17-26(23)22-27(24,25-3)20-15-12-14-19(18(20)2)13-9-10-16-21/h9-10,12-16,22,24H,4-8,11,17,21H2,1-3H3/b13-9-,16-10+. The molecule has 1 rings (SSSR count). The summed E-state index contributed by atoms with van der Waals surface area (Å²) in [6, 6.07) is 5.60. The second kappa shape index (κ2) is 13.1. The van der Waals surface area contributed by atoms with Crippen LogP contribution in [0.5, 0.6) is 0 Å².